The third-order valence-electron chi connectivity index (χ3n) is 5.92. The number of anilines is 1. The zero-order chi connectivity index (χ0) is 24.8. The second kappa shape index (κ2) is 11.4. The van der Waals surface area contributed by atoms with Crippen LogP contribution in [-0.4, -0.2) is 33.1 Å². The van der Waals surface area contributed by atoms with Gasteiger partial charge in [-0.15, -0.1) is 5.10 Å². The van der Waals surface area contributed by atoms with E-state index in [0.717, 1.165) is 29.7 Å². The largest absolute Gasteiger partial charge is 0.489 e. The number of allylic oxidation sites excluding steroid dienone is 1. The number of carbonyl (C=O) groups excluding carboxylic acids is 1. The first-order valence-electron chi connectivity index (χ1n) is 12.0. The third-order valence-corrected chi connectivity index (χ3v) is 6.64. The normalized spacial score (nSPS) is 14.9. The topological polar surface area (TPSA) is 78.3 Å². The van der Waals surface area contributed by atoms with Crippen molar-refractivity contribution >= 4 is 23.7 Å². The summed E-state index contributed by atoms with van der Waals surface area (Å²) in [5.41, 5.74) is 4.34. The van der Waals surface area contributed by atoms with Gasteiger partial charge in [0.05, 0.1) is 12.2 Å². The van der Waals surface area contributed by atoms with Crippen LogP contribution in [-0.2, 0) is 16.1 Å². The van der Waals surface area contributed by atoms with Crippen LogP contribution in [0.2, 0.25) is 0 Å². The van der Waals surface area contributed by atoms with Crippen molar-refractivity contribution in [2.24, 2.45) is 0 Å². The van der Waals surface area contributed by atoms with Crippen LogP contribution in [0.5, 0.6) is 5.75 Å². The van der Waals surface area contributed by atoms with Crippen molar-refractivity contribution in [2.75, 3.05) is 17.7 Å². The lowest BCUT2D eigenvalue weighted by molar-refractivity contribution is -0.139. The van der Waals surface area contributed by atoms with Crippen molar-refractivity contribution in [1.29, 1.82) is 0 Å². The molecule has 0 aliphatic carbocycles. The summed E-state index contributed by atoms with van der Waals surface area (Å²) < 4.78 is 13.8. The minimum atomic E-state index is -0.521. The van der Waals surface area contributed by atoms with E-state index in [4.69, 9.17) is 14.6 Å². The van der Waals surface area contributed by atoms with Gasteiger partial charge in [0.1, 0.15) is 18.4 Å². The smallest absolute Gasteiger partial charge is 0.338 e. The molecule has 0 radical (unpaired) electrons. The molecule has 3 aromatic rings. The lowest BCUT2D eigenvalue weighted by Gasteiger charge is -2.29. The van der Waals surface area contributed by atoms with Gasteiger partial charge in [0.2, 0.25) is 11.1 Å². The molecular weight excluding hydrogens is 460 g/mol. The monoisotopic (exact) mass is 492 g/mol. The molecule has 0 saturated heterocycles. The minimum Gasteiger partial charge on any atom is -0.489 e. The molecule has 35 heavy (non-hydrogen) atoms. The molecule has 8 heteroatoms. The Balaban J connectivity index is 1.74. The molecule has 1 aliphatic heterocycles. The molecule has 0 saturated carbocycles. The van der Waals surface area contributed by atoms with Gasteiger partial charge < -0.3 is 14.8 Å². The summed E-state index contributed by atoms with van der Waals surface area (Å²) in [4.78, 5) is 18.0. The van der Waals surface area contributed by atoms with Crippen LogP contribution in [0.15, 0.2) is 65.0 Å². The van der Waals surface area contributed by atoms with Crippen molar-refractivity contribution in [3.8, 4) is 5.75 Å². The highest BCUT2D eigenvalue weighted by Crippen LogP contribution is 2.40. The number of nitrogens with zero attached hydrogens (tertiary/aromatic N) is 3. The van der Waals surface area contributed by atoms with Crippen LogP contribution in [0.4, 0.5) is 5.95 Å². The van der Waals surface area contributed by atoms with Crippen molar-refractivity contribution < 1.29 is 14.3 Å². The first kappa shape index (κ1) is 24.9. The number of benzene rings is 2. The standard InChI is InChI=1S/C27H32N4O3S/c1-5-7-16-33-25(32)23-19(4)28-26-29-27(35-6-2)30-31(26)24(23)21-14-10-11-15-22(21)34-17-20-13-9-8-12-18(20)3/h8-15,24H,5-7,16-17H2,1-4H3,(H,28,29,30). The average Bonchev–Trinajstić information content (AvgIpc) is 3.25. The molecule has 184 valence electrons. The maximum absolute atomic E-state index is 13.3. The number of thioether (sulfide) groups is 1. The fourth-order valence-corrected chi connectivity index (χ4v) is 4.58. The molecule has 0 bridgehead atoms. The van der Waals surface area contributed by atoms with E-state index in [1.807, 2.05) is 43.3 Å². The van der Waals surface area contributed by atoms with Gasteiger partial charge in [-0.25, -0.2) is 9.48 Å². The molecule has 0 spiro atoms. The van der Waals surface area contributed by atoms with Gasteiger partial charge >= 0.3 is 5.97 Å². The summed E-state index contributed by atoms with van der Waals surface area (Å²) in [5, 5.41) is 8.66. The van der Waals surface area contributed by atoms with E-state index in [9.17, 15) is 4.79 Å². The molecule has 2 aromatic carbocycles. The maximum Gasteiger partial charge on any atom is 0.338 e. The van der Waals surface area contributed by atoms with E-state index in [1.165, 1.54) is 5.56 Å². The molecule has 4 rings (SSSR count). The zero-order valence-electron chi connectivity index (χ0n) is 20.7. The fourth-order valence-electron chi connectivity index (χ4n) is 4.03. The number of unbranched alkanes of at least 4 members (excludes halogenated alkanes) is 1. The summed E-state index contributed by atoms with van der Waals surface area (Å²) in [7, 11) is 0. The summed E-state index contributed by atoms with van der Waals surface area (Å²) in [6.07, 6.45) is 1.77. The van der Waals surface area contributed by atoms with Gasteiger partial charge in [0.15, 0.2) is 0 Å². The Morgan fingerprint density at radius 3 is 2.66 bits per heavy atom. The highest BCUT2D eigenvalue weighted by molar-refractivity contribution is 7.99. The maximum atomic E-state index is 13.3. The predicted octanol–water partition coefficient (Wildman–Crippen LogP) is 5.91. The van der Waals surface area contributed by atoms with Gasteiger partial charge in [-0.2, -0.15) is 4.98 Å². The van der Waals surface area contributed by atoms with Crippen molar-refractivity contribution in [3.05, 3.63) is 76.5 Å². The number of para-hydroxylation sites is 1. The second-order valence-corrected chi connectivity index (χ2v) is 9.64. The Morgan fingerprint density at radius 2 is 1.89 bits per heavy atom. The van der Waals surface area contributed by atoms with Crippen LogP contribution in [0.3, 0.4) is 0 Å². The van der Waals surface area contributed by atoms with Crippen molar-refractivity contribution in [2.45, 2.75) is 58.3 Å². The van der Waals surface area contributed by atoms with Gasteiger partial charge in [-0.1, -0.05) is 74.5 Å². The lowest BCUT2D eigenvalue weighted by Crippen LogP contribution is -2.30. The van der Waals surface area contributed by atoms with E-state index in [0.29, 0.717) is 41.3 Å². The zero-order valence-corrected chi connectivity index (χ0v) is 21.5. The summed E-state index contributed by atoms with van der Waals surface area (Å²) in [5.74, 6) is 1.79. The first-order chi connectivity index (χ1) is 17.0. The highest BCUT2D eigenvalue weighted by atomic mass is 32.2. The Kier molecular flexibility index (Phi) is 8.13. The van der Waals surface area contributed by atoms with Gasteiger partial charge in [-0.05, 0) is 43.2 Å². The number of carbonyl (C=O) groups is 1. The predicted molar refractivity (Wildman–Crippen MR) is 139 cm³/mol. The number of rotatable bonds is 10. The van der Waals surface area contributed by atoms with E-state index in [2.05, 4.69) is 43.2 Å². The van der Waals surface area contributed by atoms with Crippen LogP contribution >= 0.6 is 11.8 Å². The number of aromatic nitrogens is 3. The minimum absolute atomic E-state index is 0.354. The Morgan fingerprint density at radius 1 is 1.11 bits per heavy atom. The Labute approximate surface area is 210 Å². The molecule has 2 heterocycles. The molecular formula is C27H32N4O3S. The van der Waals surface area contributed by atoms with Crippen LogP contribution < -0.4 is 10.1 Å². The quantitative estimate of drug-likeness (QED) is 0.214. The number of esters is 1. The van der Waals surface area contributed by atoms with E-state index < -0.39 is 6.04 Å². The average molecular weight is 493 g/mol. The summed E-state index contributed by atoms with van der Waals surface area (Å²) in [6, 6.07) is 15.4. The van der Waals surface area contributed by atoms with Gasteiger partial charge in [0, 0.05) is 11.3 Å². The number of aryl methyl sites for hydroxylation is 1. The number of hydrogen-bond donors (Lipinski definition) is 1. The van der Waals surface area contributed by atoms with Crippen LogP contribution in [0, 0.1) is 6.92 Å². The van der Waals surface area contributed by atoms with E-state index in [1.54, 1.807) is 16.4 Å². The number of fused-ring (bicyclic) bond motifs is 1. The van der Waals surface area contributed by atoms with E-state index >= 15 is 0 Å². The fraction of sp³-hybridized carbons (Fsp3) is 0.370. The van der Waals surface area contributed by atoms with Crippen LogP contribution in [0.25, 0.3) is 0 Å². The molecule has 1 aromatic heterocycles. The molecule has 0 fully saturated rings. The third kappa shape index (κ3) is 5.53. The first-order valence-corrected chi connectivity index (χ1v) is 13.0. The second-order valence-electron chi connectivity index (χ2n) is 8.40. The Hall–Kier alpha value is -3.26. The van der Waals surface area contributed by atoms with Gasteiger partial charge in [0.25, 0.3) is 0 Å². The molecule has 7 nitrogen and oxygen atoms in total. The number of hydrogen-bond acceptors (Lipinski definition) is 7. The molecule has 0 amide bonds. The Bertz CT molecular complexity index is 1220. The van der Waals surface area contributed by atoms with E-state index in [-0.39, 0.29) is 5.97 Å². The summed E-state index contributed by atoms with van der Waals surface area (Å²) in [6.45, 7) is 8.89. The number of nitrogens with one attached hydrogen (secondary N) is 1. The SMILES string of the molecule is CCCCOC(=O)C1=C(C)Nc2nc(SCC)nn2C1c1ccccc1OCc1ccccc1C. The lowest BCUT2D eigenvalue weighted by atomic mass is 9.95. The molecule has 1 unspecified atom stereocenters. The molecule has 1 atom stereocenters. The molecule has 1 N–H and O–H groups in total. The highest BCUT2D eigenvalue weighted by Gasteiger charge is 2.36. The van der Waals surface area contributed by atoms with Crippen molar-refractivity contribution in [3.63, 3.8) is 0 Å². The number of ether oxygens (including phenoxy) is 2. The van der Waals surface area contributed by atoms with Gasteiger partial charge in [-0.3, -0.25) is 0 Å². The van der Waals surface area contributed by atoms with Crippen molar-refractivity contribution in [1.82, 2.24) is 14.8 Å². The summed E-state index contributed by atoms with van der Waals surface area (Å²) >= 11 is 1.56. The van der Waals surface area contributed by atoms with Crippen LogP contribution in [0.1, 0.15) is 56.3 Å². The molecule has 1 aliphatic rings.